The molecule has 1 aliphatic rings. The molecule has 2 rings (SSSR count). The van der Waals surface area contributed by atoms with Gasteiger partial charge in [0.15, 0.2) is 0 Å². The van der Waals surface area contributed by atoms with Crippen LogP contribution in [-0.4, -0.2) is 37.7 Å². The zero-order chi connectivity index (χ0) is 13.8. The number of nitrogens with one attached hydrogen (secondary N) is 1. The van der Waals surface area contributed by atoms with Crippen molar-refractivity contribution >= 4 is 15.9 Å². The molecule has 1 atom stereocenters. The van der Waals surface area contributed by atoms with Crippen molar-refractivity contribution in [3.05, 3.63) is 28.2 Å². The van der Waals surface area contributed by atoms with Crippen LogP contribution in [0.5, 0.6) is 5.75 Å². The van der Waals surface area contributed by atoms with Gasteiger partial charge in [-0.2, -0.15) is 0 Å². The first-order valence-corrected chi connectivity index (χ1v) is 7.73. The summed E-state index contributed by atoms with van der Waals surface area (Å²) >= 11 is 3.54. The summed E-state index contributed by atoms with van der Waals surface area (Å²) in [4.78, 5) is 2.36. The summed E-state index contributed by atoms with van der Waals surface area (Å²) in [5.74, 6) is 1.02. The zero-order valence-corrected chi connectivity index (χ0v) is 13.5. The Morgan fingerprint density at radius 1 is 1.47 bits per heavy atom. The number of benzene rings is 1. The summed E-state index contributed by atoms with van der Waals surface area (Å²) in [7, 11) is 2.17. The van der Waals surface area contributed by atoms with Gasteiger partial charge >= 0.3 is 0 Å². The highest BCUT2D eigenvalue weighted by Gasteiger charge is 2.21. The predicted octanol–water partition coefficient (Wildman–Crippen LogP) is 3.20. The van der Waals surface area contributed by atoms with Crippen LogP contribution >= 0.6 is 15.9 Å². The van der Waals surface area contributed by atoms with Crippen LogP contribution in [0.25, 0.3) is 0 Å². The Morgan fingerprint density at radius 2 is 2.26 bits per heavy atom. The van der Waals surface area contributed by atoms with Crippen LogP contribution in [0, 0.1) is 0 Å². The fourth-order valence-electron chi connectivity index (χ4n) is 2.25. The van der Waals surface area contributed by atoms with Crippen molar-refractivity contribution in [1.82, 2.24) is 10.2 Å². The lowest BCUT2D eigenvalue weighted by Gasteiger charge is -2.28. The van der Waals surface area contributed by atoms with Crippen molar-refractivity contribution in [2.24, 2.45) is 0 Å². The maximum Gasteiger partial charge on any atom is 0.124 e. The molecule has 1 aromatic rings. The summed E-state index contributed by atoms with van der Waals surface area (Å²) in [5.41, 5.74) is 1.27. The van der Waals surface area contributed by atoms with E-state index in [-0.39, 0.29) is 0 Å². The van der Waals surface area contributed by atoms with Gasteiger partial charge in [-0.1, -0.05) is 15.9 Å². The highest BCUT2D eigenvalue weighted by Crippen LogP contribution is 2.33. The Morgan fingerprint density at radius 3 is 3.00 bits per heavy atom. The number of halogens is 1. The molecule has 0 radical (unpaired) electrons. The number of rotatable bonds is 5. The van der Waals surface area contributed by atoms with Gasteiger partial charge in [-0.3, -0.25) is 0 Å². The number of likely N-dealkylation sites (N-methyl/N-ethyl adjacent to an activating group) is 1. The molecule has 1 aromatic carbocycles. The van der Waals surface area contributed by atoms with Crippen molar-refractivity contribution in [3.8, 4) is 5.75 Å². The van der Waals surface area contributed by atoms with Gasteiger partial charge in [0.05, 0.1) is 6.61 Å². The average Bonchev–Trinajstić information content (AvgIpc) is 2.39. The smallest absolute Gasteiger partial charge is 0.124 e. The molecule has 0 fully saturated rings. The van der Waals surface area contributed by atoms with Crippen LogP contribution in [0.3, 0.4) is 0 Å². The average molecular weight is 327 g/mol. The van der Waals surface area contributed by atoms with Crippen LogP contribution in [-0.2, 0) is 0 Å². The van der Waals surface area contributed by atoms with Gasteiger partial charge in [0, 0.05) is 41.6 Å². The van der Waals surface area contributed by atoms with E-state index < -0.39 is 0 Å². The summed E-state index contributed by atoms with van der Waals surface area (Å²) in [6, 6.07) is 7.25. The van der Waals surface area contributed by atoms with Crippen molar-refractivity contribution < 1.29 is 4.74 Å². The van der Waals surface area contributed by atoms with Crippen LogP contribution in [0.4, 0.5) is 0 Å². The molecule has 1 unspecified atom stereocenters. The number of hydrogen-bond acceptors (Lipinski definition) is 3. The van der Waals surface area contributed by atoms with Crippen LogP contribution in [0.1, 0.15) is 31.9 Å². The molecular formula is C15H23BrN2O. The molecule has 3 nitrogen and oxygen atoms in total. The molecular weight excluding hydrogens is 304 g/mol. The Bertz CT molecular complexity index is 423. The van der Waals surface area contributed by atoms with Gasteiger partial charge in [-0.25, -0.2) is 0 Å². The summed E-state index contributed by atoms with van der Waals surface area (Å²) in [6.45, 7) is 7.32. The van der Waals surface area contributed by atoms with E-state index in [1.807, 2.05) is 12.1 Å². The first kappa shape index (κ1) is 14.8. The lowest BCUT2D eigenvalue weighted by molar-refractivity contribution is 0.237. The molecule has 1 aliphatic heterocycles. The minimum Gasteiger partial charge on any atom is -0.493 e. The van der Waals surface area contributed by atoms with Crippen molar-refractivity contribution in [2.75, 3.05) is 26.7 Å². The third-order valence-electron chi connectivity index (χ3n) is 3.75. The number of hydrogen-bond donors (Lipinski definition) is 1. The van der Waals surface area contributed by atoms with Crippen molar-refractivity contribution in [2.45, 2.75) is 32.4 Å². The number of fused-ring (bicyclic) bond motifs is 1. The van der Waals surface area contributed by atoms with E-state index in [2.05, 4.69) is 53.1 Å². The molecule has 106 valence electrons. The SMILES string of the molecule is CC(C)N(C)CCNC1CCOc2ccc(Br)cc21. The molecule has 0 saturated heterocycles. The molecule has 19 heavy (non-hydrogen) atoms. The topological polar surface area (TPSA) is 24.5 Å². The van der Waals surface area contributed by atoms with Gasteiger partial charge in [0.25, 0.3) is 0 Å². The Balaban J connectivity index is 1.94. The largest absolute Gasteiger partial charge is 0.493 e. The molecule has 1 heterocycles. The second-order valence-electron chi connectivity index (χ2n) is 5.40. The fraction of sp³-hybridized carbons (Fsp3) is 0.600. The second kappa shape index (κ2) is 6.73. The van der Waals surface area contributed by atoms with Crippen molar-refractivity contribution in [1.29, 1.82) is 0 Å². The Labute approximate surface area is 124 Å². The first-order valence-electron chi connectivity index (χ1n) is 6.94. The van der Waals surface area contributed by atoms with Gasteiger partial charge in [-0.15, -0.1) is 0 Å². The minimum atomic E-state index is 0.404. The summed E-state index contributed by atoms with van der Waals surface area (Å²) in [5, 5.41) is 3.65. The number of ether oxygens (including phenoxy) is 1. The van der Waals surface area contributed by atoms with E-state index in [4.69, 9.17) is 4.74 Å². The van der Waals surface area contributed by atoms with E-state index in [9.17, 15) is 0 Å². The molecule has 0 spiro atoms. The van der Waals surface area contributed by atoms with E-state index in [0.29, 0.717) is 12.1 Å². The van der Waals surface area contributed by atoms with E-state index in [1.165, 1.54) is 5.56 Å². The third kappa shape index (κ3) is 3.94. The molecule has 0 amide bonds. The molecule has 0 saturated carbocycles. The van der Waals surface area contributed by atoms with E-state index in [1.54, 1.807) is 0 Å². The van der Waals surface area contributed by atoms with Crippen LogP contribution in [0.15, 0.2) is 22.7 Å². The van der Waals surface area contributed by atoms with E-state index >= 15 is 0 Å². The lowest BCUT2D eigenvalue weighted by Crippen LogP contribution is -2.36. The van der Waals surface area contributed by atoms with Gasteiger partial charge in [-0.05, 0) is 39.1 Å². The molecule has 0 aromatic heterocycles. The monoisotopic (exact) mass is 326 g/mol. The minimum absolute atomic E-state index is 0.404. The molecule has 0 bridgehead atoms. The van der Waals surface area contributed by atoms with Crippen molar-refractivity contribution in [3.63, 3.8) is 0 Å². The van der Waals surface area contributed by atoms with Gasteiger partial charge in [0.2, 0.25) is 0 Å². The predicted molar refractivity (Wildman–Crippen MR) is 82.8 cm³/mol. The Hall–Kier alpha value is -0.580. The molecule has 1 N–H and O–H groups in total. The maximum atomic E-state index is 5.70. The van der Waals surface area contributed by atoms with Gasteiger partial charge < -0.3 is 15.0 Å². The quantitative estimate of drug-likeness (QED) is 0.899. The first-order chi connectivity index (χ1) is 9.08. The third-order valence-corrected chi connectivity index (χ3v) is 4.24. The lowest BCUT2D eigenvalue weighted by atomic mass is 10.0. The summed E-state index contributed by atoms with van der Waals surface area (Å²) < 4.78 is 6.82. The maximum absolute atomic E-state index is 5.70. The number of nitrogens with zero attached hydrogens (tertiary/aromatic N) is 1. The molecule has 4 heteroatoms. The standard InChI is InChI=1S/C15H23BrN2O/c1-11(2)18(3)8-7-17-14-6-9-19-15-5-4-12(16)10-13(14)15/h4-5,10-11,14,17H,6-9H2,1-3H3. The highest BCUT2D eigenvalue weighted by molar-refractivity contribution is 9.10. The fourth-order valence-corrected chi connectivity index (χ4v) is 2.63. The highest BCUT2D eigenvalue weighted by atomic mass is 79.9. The zero-order valence-electron chi connectivity index (χ0n) is 11.9. The van der Waals surface area contributed by atoms with Gasteiger partial charge in [0.1, 0.15) is 5.75 Å². The van der Waals surface area contributed by atoms with Crippen LogP contribution < -0.4 is 10.1 Å². The Kier molecular flexibility index (Phi) is 5.25. The van der Waals surface area contributed by atoms with E-state index in [0.717, 1.165) is 36.3 Å². The normalized spacial score (nSPS) is 18.5. The van der Waals surface area contributed by atoms with Crippen LogP contribution in [0.2, 0.25) is 0 Å². The molecule has 0 aliphatic carbocycles. The second-order valence-corrected chi connectivity index (χ2v) is 6.32. The summed E-state index contributed by atoms with van der Waals surface area (Å²) in [6.07, 6.45) is 1.04.